The topological polar surface area (TPSA) is 0 Å². The van der Waals surface area contributed by atoms with E-state index in [1.807, 2.05) is 12.1 Å². The van der Waals surface area contributed by atoms with Crippen molar-refractivity contribution >= 4 is 48.0 Å². The molecule has 10 rings (SSSR count). The van der Waals surface area contributed by atoms with Gasteiger partial charge in [0.25, 0.3) is 0 Å². The van der Waals surface area contributed by atoms with Crippen LogP contribution in [0.2, 0.25) is 0 Å². The van der Waals surface area contributed by atoms with Crippen molar-refractivity contribution in [2.75, 3.05) is 0 Å². The summed E-state index contributed by atoms with van der Waals surface area (Å²) < 4.78 is 0. The summed E-state index contributed by atoms with van der Waals surface area (Å²) in [4.78, 5) is 0. The molecular formula is C60H66Cl2P2Ti2-2. The van der Waals surface area contributed by atoms with Gasteiger partial charge in [0.05, 0.1) is 0 Å². The Hall–Kier alpha value is -2.59. The quantitative estimate of drug-likeness (QED) is 0.0728. The maximum absolute atomic E-state index is 3.30. The summed E-state index contributed by atoms with van der Waals surface area (Å²) in [6.07, 6.45) is 7.25. The Morgan fingerprint density at radius 1 is 0.439 bits per heavy atom. The van der Waals surface area contributed by atoms with E-state index in [1.165, 1.54) is 91.7 Å². The molecule has 0 radical (unpaired) electrons. The van der Waals surface area contributed by atoms with Crippen LogP contribution in [0.15, 0.2) is 158 Å². The van der Waals surface area contributed by atoms with Gasteiger partial charge in [0.15, 0.2) is 0 Å². The van der Waals surface area contributed by atoms with Crippen molar-refractivity contribution in [3.63, 3.8) is 0 Å². The predicted octanol–water partition coefficient (Wildman–Crippen LogP) is 10.6. The summed E-state index contributed by atoms with van der Waals surface area (Å²) in [5.74, 6) is 0. The smallest absolute Gasteiger partial charge is 1.00 e. The zero-order valence-corrected chi connectivity index (χ0v) is 46.6. The molecule has 0 saturated carbocycles. The standard InChI is InChI=1S/2C17H24P.2C13H9.2ClH.2Ti/c2*1-5-13(3)18(14(4)6-2)17-11-15-9-7-8-10-16(15)12-17;2*1-3-7-12-10(5-1)9-11-6-2-4-8-13(11)12;;;;/h2*7-14H,5-6H2,1-4H3;2*1-5,7-8H,9H2;2*1H;;/q4*-1;;;2*+2/p-2. The summed E-state index contributed by atoms with van der Waals surface area (Å²) >= 11 is 0. The van der Waals surface area contributed by atoms with E-state index in [2.05, 4.69) is 213 Å². The molecule has 340 valence electrons. The van der Waals surface area contributed by atoms with Gasteiger partial charge in [0.2, 0.25) is 0 Å². The number of hydrogen-bond acceptors (Lipinski definition) is 0. The third-order valence-electron chi connectivity index (χ3n) is 13.3. The van der Waals surface area contributed by atoms with Crippen LogP contribution in [-0.2, 0) is 56.3 Å². The van der Waals surface area contributed by atoms with Crippen molar-refractivity contribution in [2.24, 2.45) is 0 Å². The van der Waals surface area contributed by atoms with E-state index < -0.39 is 0 Å². The summed E-state index contributed by atoms with van der Waals surface area (Å²) in [5.41, 5.74) is 14.3. The van der Waals surface area contributed by atoms with Crippen LogP contribution in [0.1, 0.15) is 103 Å². The Balaban J connectivity index is 0.000000231. The van der Waals surface area contributed by atoms with E-state index in [0.717, 1.165) is 35.5 Å². The molecule has 8 aromatic rings. The molecule has 4 unspecified atom stereocenters. The molecule has 66 heavy (non-hydrogen) atoms. The van der Waals surface area contributed by atoms with Gasteiger partial charge in [-0.05, 0) is 61.2 Å². The Labute approximate surface area is 443 Å². The fourth-order valence-electron chi connectivity index (χ4n) is 9.24. The van der Waals surface area contributed by atoms with Gasteiger partial charge in [0, 0.05) is 0 Å². The van der Waals surface area contributed by atoms with E-state index in [4.69, 9.17) is 0 Å². The molecular weight excluding hydrogens is 949 g/mol. The molecule has 6 heteroatoms. The van der Waals surface area contributed by atoms with Crippen LogP contribution in [0.3, 0.4) is 0 Å². The van der Waals surface area contributed by atoms with Crippen LogP contribution in [0, 0.1) is 12.1 Å². The molecule has 0 bridgehead atoms. The van der Waals surface area contributed by atoms with Gasteiger partial charge in [-0.25, -0.2) is 0 Å². The number of benzene rings is 6. The van der Waals surface area contributed by atoms with Gasteiger partial charge in [0.1, 0.15) is 0 Å². The van der Waals surface area contributed by atoms with Crippen LogP contribution < -0.4 is 35.4 Å². The Morgan fingerprint density at radius 3 is 1.11 bits per heavy atom. The zero-order chi connectivity index (χ0) is 43.6. The Kier molecular flexibility index (Phi) is 24.6. The van der Waals surface area contributed by atoms with E-state index in [-0.39, 0.29) is 84.1 Å². The van der Waals surface area contributed by atoms with Gasteiger partial charge in [-0.1, -0.05) is 154 Å². The molecule has 0 nitrogen and oxygen atoms in total. The van der Waals surface area contributed by atoms with E-state index in [0.29, 0.717) is 0 Å². The molecule has 0 spiro atoms. The van der Waals surface area contributed by atoms with Crippen LogP contribution in [0.4, 0.5) is 0 Å². The number of halogens is 2. The predicted molar refractivity (Wildman–Crippen MR) is 278 cm³/mol. The molecule has 0 heterocycles. The average molecular weight is 1020 g/mol. The Morgan fingerprint density at radius 2 is 0.758 bits per heavy atom. The first-order chi connectivity index (χ1) is 30.2. The zero-order valence-electron chi connectivity index (χ0n) is 40.2. The van der Waals surface area contributed by atoms with Gasteiger partial charge in [-0.15, -0.1) is 91.8 Å². The fourth-order valence-corrected chi connectivity index (χ4v) is 15.7. The number of rotatable bonds is 10. The molecule has 0 aromatic heterocycles. The van der Waals surface area contributed by atoms with Crippen molar-refractivity contribution in [1.82, 2.24) is 0 Å². The summed E-state index contributed by atoms with van der Waals surface area (Å²) in [5, 5.41) is 8.85. The van der Waals surface area contributed by atoms with Crippen molar-refractivity contribution in [2.45, 2.75) is 117 Å². The van der Waals surface area contributed by atoms with Crippen molar-refractivity contribution < 1.29 is 68.2 Å². The van der Waals surface area contributed by atoms with E-state index in [1.54, 1.807) is 10.6 Å². The third-order valence-corrected chi connectivity index (χ3v) is 20.3. The Bertz CT molecular complexity index is 2310. The average Bonchev–Trinajstić information content (AvgIpc) is 4.12. The molecule has 4 atom stereocenters. The van der Waals surface area contributed by atoms with Gasteiger partial charge < -0.3 is 24.8 Å². The van der Waals surface area contributed by atoms with Crippen molar-refractivity contribution in [3.05, 3.63) is 192 Å². The summed E-state index contributed by atoms with van der Waals surface area (Å²) in [6.45, 7) is 19.0. The van der Waals surface area contributed by atoms with E-state index >= 15 is 0 Å². The summed E-state index contributed by atoms with van der Waals surface area (Å²) in [6, 6.07) is 63.4. The van der Waals surface area contributed by atoms with Crippen LogP contribution in [0.25, 0.3) is 43.8 Å². The summed E-state index contributed by atoms with van der Waals surface area (Å²) in [7, 11) is -0.0504. The van der Waals surface area contributed by atoms with Gasteiger partial charge >= 0.3 is 43.4 Å². The molecule has 8 aromatic carbocycles. The minimum absolute atomic E-state index is 0. The maximum atomic E-state index is 3.30. The first-order valence-corrected chi connectivity index (χ1v) is 26.2. The minimum atomic E-state index is -0.0252. The molecule has 0 aliphatic heterocycles. The van der Waals surface area contributed by atoms with Crippen LogP contribution in [0.5, 0.6) is 0 Å². The molecule has 2 aliphatic carbocycles. The van der Waals surface area contributed by atoms with Crippen molar-refractivity contribution in [3.8, 4) is 22.3 Å². The minimum Gasteiger partial charge on any atom is -1.00 e. The molecule has 0 amide bonds. The fraction of sp³-hybridized carbons (Fsp3) is 0.300. The first-order valence-electron chi connectivity index (χ1n) is 23.3. The molecule has 0 fully saturated rings. The number of hydrogen-bond donors (Lipinski definition) is 0. The molecule has 0 saturated heterocycles. The first kappa shape index (κ1) is 57.7. The second kappa shape index (κ2) is 28.2. The van der Waals surface area contributed by atoms with Gasteiger partial charge in [-0.3, -0.25) is 0 Å². The normalized spacial score (nSPS) is 13.9. The SMILES string of the molecule is CCC(C)P(c1cc2ccccc2[cH-]1)C(C)CC.CCC(C)P(c1cc2ccccc2[cH-]1)C(C)CC.[Cl-].[Cl-].[Ti+2].[Ti+2].[c-]1cccc2c1Cc1ccccc1-2.[c-]1cccc2c1Cc1ccccc1-2. The van der Waals surface area contributed by atoms with Crippen LogP contribution in [-0.4, -0.2) is 22.6 Å². The second-order valence-electron chi connectivity index (χ2n) is 17.3. The van der Waals surface area contributed by atoms with Gasteiger partial charge in [-0.2, -0.15) is 71.8 Å². The maximum Gasteiger partial charge on any atom is 2.00 e. The molecule has 2 aliphatic rings. The molecule has 0 N–H and O–H groups in total. The van der Waals surface area contributed by atoms with Crippen molar-refractivity contribution in [1.29, 1.82) is 0 Å². The van der Waals surface area contributed by atoms with Crippen LogP contribution >= 0.6 is 15.8 Å². The van der Waals surface area contributed by atoms with E-state index in [9.17, 15) is 0 Å². The largest absolute Gasteiger partial charge is 2.00 e. The monoisotopic (exact) mass is 1010 g/mol. The second-order valence-corrected chi connectivity index (χ2v) is 23.5. The third kappa shape index (κ3) is 13.8. The number of fused-ring (bicyclic) bond motifs is 8.